The Kier molecular flexibility index (Phi) is 3.62. The summed E-state index contributed by atoms with van der Waals surface area (Å²) in [6, 6.07) is 7.33. The average molecular weight is 369 g/mol. The molecule has 1 aliphatic carbocycles. The second kappa shape index (κ2) is 5.92. The number of fused-ring (bicyclic) bond motifs is 4. The number of amidine groups is 1. The summed E-state index contributed by atoms with van der Waals surface area (Å²) >= 11 is 0. The number of hydrogen-bond acceptors (Lipinski definition) is 6. The zero-order valence-corrected chi connectivity index (χ0v) is 14.6. The molecule has 140 valence electrons. The molecular formula is C20H20FN3O3. The molecule has 4 atom stereocenters. The van der Waals surface area contributed by atoms with E-state index < -0.39 is 11.4 Å². The first-order chi connectivity index (χ1) is 13.0. The molecule has 5 rings (SSSR count). The molecule has 3 heterocycles. The van der Waals surface area contributed by atoms with Gasteiger partial charge in [-0.1, -0.05) is 6.07 Å². The minimum absolute atomic E-state index is 0.0318. The maximum atomic E-state index is 13.6. The first-order valence-corrected chi connectivity index (χ1v) is 9.13. The molecule has 0 radical (unpaired) electrons. The predicted molar refractivity (Wildman–Crippen MR) is 96.6 cm³/mol. The molecule has 2 aliphatic heterocycles. The van der Waals surface area contributed by atoms with E-state index >= 15 is 0 Å². The highest BCUT2D eigenvalue weighted by Gasteiger charge is 2.55. The Balaban J connectivity index is 1.66. The van der Waals surface area contributed by atoms with Crippen LogP contribution < -0.4 is 10.5 Å². The molecule has 1 saturated carbocycles. The van der Waals surface area contributed by atoms with Crippen LogP contribution in [0.4, 0.5) is 4.39 Å². The van der Waals surface area contributed by atoms with Crippen molar-refractivity contribution in [3.8, 4) is 16.9 Å². The van der Waals surface area contributed by atoms with E-state index in [9.17, 15) is 9.50 Å². The largest absolute Gasteiger partial charge is 0.490 e. The van der Waals surface area contributed by atoms with Crippen molar-refractivity contribution in [1.82, 2.24) is 4.98 Å². The van der Waals surface area contributed by atoms with Crippen LogP contribution in [0, 0.1) is 11.7 Å². The van der Waals surface area contributed by atoms with Gasteiger partial charge in [0.05, 0.1) is 12.3 Å². The van der Waals surface area contributed by atoms with Crippen LogP contribution in [0.5, 0.6) is 5.75 Å². The Morgan fingerprint density at radius 3 is 2.85 bits per heavy atom. The van der Waals surface area contributed by atoms with Gasteiger partial charge in [-0.15, -0.1) is 0 Å². The Hall–Kier alpha value is -2.67. The molecule has 7 heteroatoms. The van der Waals surface area contributed by atoms with Gasteiger partial charge in [0.1, 0.15) is 29.8 Å². The van der Waals surface area contributed by atoms with E-state index in [1.165, 1.54) is 12.3 Å². The third kappa shape index (κ3) is 2.56. The van der Waals surface area contributed by atoms with E-state index in [-0.39, 0.29) is 24.1 Å². The van der Waals surface area contributed by atoms with Gasteiger partial charge in [0.2, 0.25) is 0 Å². The lowest BCUT2D eigenvalue weighted by Crippen LogP contribution is -2.51. The number of benzene rings is 1. The predicted octanol–water partition coefficient (Wildman–Crippen LogP) is 2.35. The summed E-state index contributed by atoms with van der Waals surface area (Å²) < 4.78 is 25.5. The van der Waals surface area contributed by atoms with Crippen molar-refractivity contribution in [3.63, 3.8) is 0 Å². The summed E-state index contributed by atoms with van der Waals surface area (Å²) in [4.78, 5) is 8.62. The summed E-state index contributed by atoms with van der Waals surface area (Å²) in [6.07, 6.45) is 4.42. The lowest BCUT2D eigenvalue weighted by atomic mass is 9.67. The molecule has 6 nitrogen and oxygen atoms in total. The highest BCUT2D eigenvalue weighted by Crippen LogP contribution is 2.52. The monoisotopic (exact) mass is 369 g/mol. The minimum atomic E-state index is -0.694. The van der Waals surface area contributed by atoms with Gasteiger partial charge in [0.15, 0.2) is 0 Å². The third-order valence-corrected chi connectivity index (χ3v) is 5.88. The molecule has 1 spiro atoms. The Morgan fingerprint density at radius 1 is 1.19 bits per heavy atom. The Labute approximate surface area is 155 Å². The topological polar surface area (TPSA) is 90.0 Å². The van der Waals surface area contributed by atoms with E-state index in [1.54, 1.807) is 6.20 Å². The number of hydrogen-bond donors (Lipinski definition) is 2. The molecule has 2 aromatic rings. The van der Waals surface area contributed by atoms with Crippen LogP contribution in [0.15, 0.2) is 41.7 Å². The number of ether oxygens (including phenoxy) is 2. The fourth-order valence-corrected chi connectivity index (χ4v) is 4.62. The molecule has 0 bridgehead atoms. The van der Waals surface area contributed by atoms with Gasteiger partial charge in [-0.25, -0.2) is 9.38 Å². The van der Waals surface area contributed by atoms with Gasteiger partial charge in [0.25, 0.3) is 6.02 Å². The lowest BCUT2D eigenvalue weighted by molar-refractivity contribution is -0.0359. The number of aliphatic hydroxyl groups is 1. The van der Waals surface area contributed by atoms with Crippen LogP contribution in [0.2, 0.25) is 0 Å². The van der Waals surface area contributed by atoms with Crippen LogP contribution in [0.25, 0.3) is 11.1 Å². The smallest absolute Gasteiger partial charge is 0.283 e. The normalized spacial score (nSPS) is 31.5. The van der Waals surface area contributed by atoms with Crippen molar-refractivity contribution < 1.29 is 19.0 Å². The zero-order chi connectivity index (χ0) is 18.6. The van der Waals surface area contributed by atoms with E-state index in [2.05, 4.69) is 9.98 Å². The molecular weight excluding hydrogens is 349 g/mol. The van der Waals surface area contributed by atoms with Crippen LogP contribution >= 0.6 is 0 Å². The number of nitrogens with zero attached hydrogens (tertiary/aromatic N) is 2. The first-order valence-electron chi connectivity index (χ1n) is 9.13. The fraction of sp³-hybridized carbons (Fsp3) is 0.400. The first kappa shape index (κ1) is 16.5. The molecule has 1 aromatic heterocycles. The van der Waals surface area contributed by atoms with Crippen molar-refractivity contribution in [3.05, 3.63) is 48.0 Å². The van der Waals surface area contributed by atoms with Crippen molar-refractivity contribution in [2.24, 2.45) is 16.6 Å². The number of aliphatic imine (C=N–C) groups is 1. The molecule has 27 heavy (non-hydrogen) atoms. The van der Waals surface area contributed by atoms with Gasteiger partial charge in [0, 0.05) is 23.2 Å². The maximum absolute atomic E-state index is 13.6. The maximum Gasteiger partial charge on any atom is 0.283 e. The standard InChI is InChI=1S/C20H20FN3O3/c21-13-5-12(8-23-9-13)11-1-3-17-15(6-11)20(10-26-19(22)24-20)16-7-14(25)2-4-18(16)27-17/h1,3,5-6,8-9,14,16,18,25H,2,4,7,10H2,(H2,22,24). The molecule has 4 unspecified atom stereocenters. The van der Waals surface area contributed by atoms with E-state index in [0.717, 1.165) is 23.3 Å². The second-order valence-electron chi connectivity index (χ2n) is 7.50. The number of aromatic nitrogens is 1. The van der Waals surface area contributed by atoms with Crippen molar-refractivity contribution in [2.45, 2.75) is 37.0 Å². The van der Waals surface area contributed by atoms with E-state index in [4.69, 9.17) is 15.2 Å². The SMILES string of the molecule is NC1=NC2(CO1)c1cc(-c3cncc(F)c3)ccc1OC1CCC(O)CC12. The summed E-state index contributed by atoms with van der Waals surface area (Å²) in [6.45, 7) is 0.313. The molecule has 3 aliphatic rings. The van der Waals surface area contributed by atoms with Crippen LogP contribution in [0.1, 0.15) is 24.8 Å². The molecule has 0 saturated heterocycles. The number of pyridine rings is 1. The quantitative estimate of drug-likeness (QED) is 0.805. The van der Waals surface area contributed by atoms with Crippen molar-refractivity contribution in [2.75, 3.05) is 6.61 Å². The number of halogens is 1. The molecule has 1 fully saturated rings. The minimum Gasteiger partial charge on any atom is -0.490 e. The van der Waals surface area contributed by atoms with E-state index in [1.807, 2.05) is 18.2 Å². The molecule has 1 aromatic carbocycles. The van der Waals surface area contributed by atoms with Gasteiger partial charge in [-0.2, -0.15) is 0 Å². The van der Waals surface area contributed by atoms with Crippen LogP contribution in [-0.4, -0.2) is 34.9 Å². The van der Waals surface area contributed by atoms with Gasteiger partial charge >= 0.3 is 0 Å². The van der Waals surface area contributed by atoms with Crippen LogP contribution in [-0.2, 0) is 10.3 Å². The second-order valence-corrected chi connectivity index (χ2v) is 7.50. The van der Waals surface area contributed by atoms with E-state index in [0.29, 0.717) is 25.0 Å². The number of nitrogens with two attached hydrogens (primary N) is 1. The molecule has 3 N–H and O–H groups in total. The highest BCUT2D eigenvalue weighted by atomic mass is 19.1. The van der Waals surface area contributed by atoms with Crippen LogP contribution in [0.3, 0.4) is 0 Å². The lowest BCUT2D eigenvalue weighted by Gasteiger charge is -2.47. The summed E-state index contributed by atoms with van der Waals surface area (Å²) in [5.41, 5.74) is 7.55. The number of rotatable bonds is 1. The Bertz CT molecular complexity index is 934. The zero-order valence-electron chi connectivity index (χ0n) is 14.6. The van der Waals surface area contributed by atoms with Gasteiger partial charge < -0.3 is 20.3 Å². The van der Waals surface area contributed by atoms with Gasteiger partial charge in [-0.3, -0.25) is 4.98 Å². The van der Waals surface area contributed by atoms with Gasteiger partial charge in [-0.05, 0) is 43.0 Å². The molecule has 0 amide bonds. The third-order valence-electron chi connectivity index (χ3n) is 5.88. The van der Waals surface area contributed by atoms with Crippen molar-refractivity contribution >= 4 is 6.02 Å². The average Bonchev–Trinajstić information content (AvgIpc) is 3.05. The van der Waals surface area contributed by atoms with Crippen molar-refractivity contribution in [1.29, 1.82) is 0 Å². The Morgan fingerprint density at radius 2 is 2.07 bits per heavy atom. The summed E-state index contributed by atoms with van der Waals surface area (Å²) in [5, 5.41) is 10.2. The number of aliphatic hydroxyl groups excluding tert-OH is 1. The fourth-order valence-electron chi connectivity index (χ4n) is 4.62. The highest BCUT2D eigenvalue weighted by molar-refractivity contribution is 5.75. The summed E-state index contributed by atoms with van der Waals surface area (Å²) in [7, 11) is 0. The summed E-state index contributed by atoms with van der Waals surface area (Å²) in [5.74, 6) is 0.316.